The third-order valence-corrected chi connectivity index (χ3v) is 8.47. The molecule has 0 saturated carbocycles. The number of hydrogen-bond acceptors (Lipinski definition) is 6. The molecule has 4 radical (unpaired) electrons. The maximum atomic E-state index is 12.4. The number of halogens is 2. The minimum atomic E-state index is -0.477. The van der Waals surface area contributed by atoms with Crippen LogP contribution in [0, 0.1) is 13.1 Å². The van der Waals surface area contributed by atoms with E-state index in [4.69, 9.17) is 28.5 Å². The van der Waals surface area contributed by atoms with Crippen molar-refractivity contribution in [2.75, 3.05) is 40.3 Å². The van der Waals surface area contributed by atoms with E-state index in [1.54, 1.807) is 10.0 Å². The predicted molar refractivity (Wildman–Crippen MR) is 204 cm³/mol. The van der Waals surface area contributed by atoms with Gasteiger partial charge in [0.1, 0.15) is 25.3 Å². The molecule has 2 aromatic carbocycles. The van der Waals surface area contributed by atoms with E-state index in [9.17, 15) is 9.59 Å². The van der Waals surface area contributed by atoms with Crippen LogP contribution in [-0.4, -0.2) is 116 Å². The molecule has 4 aliphatic rings. The molecule has 12 nitrogen and oxygen atoms in total. The fourth-order valence-corrected chi connectivity index (χ4v) is 6.28. The predicted octanol–water partition coefficient (Wildman–Crippen LogP) is 7.53. The van der Waals surface area contributed by atoms with Gasteiger partial charge >= 0.3 is 47.2 Å². The topological polar surface area (TPSA) is 99.8 Å². The molecule has 2 aromatic rings. The number of hydrogen-bond donors (Lipinski definition) is 0. The van der Waals surface area contributed by atoms with Crippen molar-refractivity contribution < 1.29 is 44.4 Å². The van der Waals surface area contributed by atoms with Crippen LogP contribution in [0.15, 0.2) is 60.7 Å². The van der Waals surface area contributed by atoms with Crippen molar-refractivity contribution in [3.63, 3.8) is 0 Å². The van der Waals surface area contributed by atoms with Gasteiger partial charge in [0.2, 0.25) is 11.4 Å². The molecule has 4 aliphatic heterocycles. The second-order valence-corrected chi connectivity index (χ2v) is 17.4. The van der Waals surface area contributed by atoms with Gasteiger partial charge in [0.15, 0.2) is 13.1 Å². The van der Waals surface area contributed by atoms with Crippen LogP contribution >= 0.6 is 19.1 Å². The molecule has 0 unspecified atom stereocenters. The van der Waals surface area contributed by atoms with Gasteiger partial charge in [-0.2, -0.15) is 0 Å². The zero-order valence-corrected chi connectivity index (χ0v) is 34.9. The van der Waals surface area contributed by atoms with E-state index in [-0.39, 0.29) is 40.2 Å². The summed E-state index contributed by atoms with van der Waals surface area (Å²) >= 11 is -0.106. The SMILES string of the molecule is C[N+]1=C(c2ccccc2)[C]N(C[C@@H]2CCCN2C(=O)OC(C)(C)C)[N-]1.C[N+]1=C(c2ccccc2)[C]N(C[C@@H]2CCCN2C(=O)OC(C)(C)C)[N-]1.[Cl][Pd][Cl]. The standard InChI is InChI=1S/2C19H26N4O2.2ClH.Pd/c2*1-19(2,3)25-18(24)23-12-8-11-16(23)13-22-14-17(21(4)20-22)15-9-6-5-7-10-15;;;/h2*5-7,9-10,16H,8,11-13H2,1-4H3;2*1H;/q;;;;+2/p-2/t2*16-;;;/m00.../s1. The Bertz CT molecular complexity index is 1450. The molecule has 0 N–H and O–H groups in total. The Balaban J connectivity index is 0.000000220. The molecule has 2 amide bonds. The first-order valence-electron chi connectivity index (χ1n) is 17.7. The van der Waals surface area contributed by atoms with E-state index in [1.807, 2.05) is 135 Å². The van der Waals surface area contributed by atoms with Crippen LogP contribution in [0.3, 0.4) is 0 Å². The summed E-state index contributed by atoms with van der Waals surface area (Å²) in [6, 6.07) is 20.3. The monoisotopic (exact) mass is 860 g/mol. The van der Waals surface area contributed by atoms with Crippen molar-refractivity contribution in [3.8, 4) is 0 Å². The molecule has 292 valence electrons. The van der Waals surface area contributed by atoms with E-state index < -0.39 is 11.2 Å². The Hall–Kier alpha value is -2.92. The van der Waals surface area contributed by atoms with Crippen LogP contribution in [0.2, 0.25) is 0 Å². The molecular formula is C38H52Cl2N8O4Pd. The van der Waals surface area contributed by atoms with Crippen LogP contribution < -0.4 is 0 Å². The molecule has 0 aliphatic carbocycles. The number of amides is 2. The van der Waals surface area contributed by atoms with E-state index in [0.29, 0.717) is 13.1 Å². The van der Waals surface area contributed by atoms with Crippen LogP contribution in [0.4, 0.5) is 9.59 Å². The van der Waals surface area contributed by atoms with Crippen LogP contribution in [0.25, 0.3) is 11.1 Å². The third-order valence-electron chi connectivity index (χ3n) is 8.47. The summed E-state index contributed by atoms with van der Waals surface area (Å²) in [6.07, 6.45) is 3.41. The fourth-order valence-electron chi connectivity index (χ4n) is 6.28. The van der Waals surface area contributed by atoms with Gasteiger partial charge in [-0.05, 0) is 91.5 Å². The summed E-state index contributed by atoms with van der Waals surface area (Å²) < 4.78 is 14.7. The average Bonchev–Trinajstić information content (AvgIpc) is 3.89. The molecule has 2 atom stereocenters. The number of rotatable bonds is 6. The summed E-state index contributed by atoms with van der Waals surface area (Å²) in [4.78, 5) is 28.5. The van der Waals surface area contributed by atoms with E-state index in [1.165, 1.54) is 0 Å². The number of benzene rings is 2. The van der Waals surface area contributed by atoms with Crippen LogP contribution in [0.1, 0.15) is 78.4 Å². The Morgan fingerprint density at radius 2 is 1.06 bits per heavy atom. The first-order chi connectivity index (χ1) is 25.1. The Labute approximate surface area is 332 Å². The van der Waals surface area contributed by atoms with Crippen LogP contribution in [0.5, 0.6) is 0 Å². The summed E-state index contributed by atoms with van der Waals surface area (Å²) in [5.41, 5.74) is 12.1. The molecular weight excluding hydrogens is 810 g/mol. The van der Waals surface area contributed by atoms with E-state index in [2.05, 4.69) is 24.2 Å². The molecule has 0 aromatic heterocycles. The average molecular weight is 862 g/mol. The molecule has 2 saturated heterocycles. The zero-order valence-electron chi connectivity index (χ0n) is 31.9. The van der Waals surface area contributed by atoms with Crippen molar-refractivity contribution in [1.82, 2.24) is 19.8 Å². The maximum absolute atomic E-state index is 12.4. The van der Waals surface area contributed by atoms with E-state index >= 15 is 0 Å². The molecule has 4 heterocycles. The zero-order chi connectivity index (χ0) is 38.8. The molecule has 0 bridgehead atoms. The van der Waals surface area contributed by atoms with Crippen molar-refractivity contribution in [3.05, 3.63) is 95.9 Å². The van der Waals surface area contributed by atoms with Gasteiger partial charge in [-0.3, -0.25) is 9.37 Å². The summed E-state index contributed by atoms with van der Waals surface area (Å²) in [5.74, 6) is 0. The van der Waals surface area contributed by atoms with Crippen molar-refractivity contribution in [2.45, 2.75) is 90.5 Å². The molecule has 2 fully saturated rings. The van der Waals surface area contributed by atoms with E-state index in [0.717, 1.165) is 61.3 Å². The van der Waals surface area contributed by atoms with Gasteiger partial charge in [-0.25, -0.2) is 9.59 Å². The second kappa shape index (κ2) is 19.6. The van der Waals surface area contributed by atoms with Crippen LogP contribution in [-0.2, 0) is 25.4 Å². The summed E-state index contributed by atoms with van der Waals surface area (Å²) in [5, 5.41) is 3.60. The van der Waals surface area contributed by atoms with Gasteiger partial charge in [0.05, 0.1) is 0 Å². The summed E-state index contributed by atoms with van der Waals surface area (Å²) in [6.45, 7) is 20.7. The minimum absolute atomic E-state index is 0.0922. The quantitative estimate of drug-likeness (QED) is 0.220. The fraction of sp³-hybridized carbons (Fsp3) is 0.526. The van der Waals surface area contributed by atoms with Gasteiger partial charge in [-0.15, -0.1) is 0 Å². The first-order valence-corrected chi connectivity index (χ1v) is 21.7. The van der Waals surface area contributed by atoms with Crippen molar-refractivity contribution >= 4 is 42.7 Å². The number of carbonyl (C=O) groups is 2. The van der Waals surface area contributed by atoms with Gasteiger partial charge in [0, 0.05) is 49.4 Å². The molecule has 6 rings (SSSR count). The second-order valence-electron chi connectivity index (χ2n) is 15.0. The normalized spacial score (nSPS) is 20.8. The number of ether oxygens (including phenoxy) is 2. The number of nitrogens with zero attached hydrogens (tertiary/aromatic N) is 8. The Kier molecular flexibility index (Phi) is 15.8. The molecule has 15 heteroatoms. The van der Waals surface area contributed by atoms with Gasteiger partial charge < -0.3 is 40.4 Å². The Morgan fingerprint density at radius 1 is 0.717 bits per heavy atom. The van der Waals surface area contributed by atoms with Crippen molar-refractivity contribution in [2.24, 2.45) is 0 Å². The Morgan fingerprint density at radius 3 is 1.38 bits per heavy atom. The van der Waals surface area contributed by atoms with Crippen molar-refractivity contribution in [1.29, 1.82) is 0 Å². The van der Waals surface area contributed by atoms with Gasteiger partial charge in [-0.1, -0.05) is 36.4 Å². The number of likely N-dealkylation sites (tertiary alicyclic amines) is 2. The van der Waals surface area contributed by atoms with Gasteiger partial charge in [0.25, 0.3) is 0 Å². The summed E-state index contributed by atoms with van der Waals surface area (Å²) in [7, 11) is 13.5. The first kappa shape index (κ1) is 42.8. The third kappa shape index (κ3) is 13.1. The number of carbonyl (C=O) groups excluding carboxylic acids is 2. The molecule has 0 spiro atoms. The molecule has 53 heavy (non-hydrogen) atoms.